The molecule has 0 saturated heterocycles. The van der Waals surface area contributed by atoms with Crippen molar-refractivity contribution in [3.8, 4) is 0 Å². The van der Waals surface area contributed by atoms with E-state index in [2.05, 4.69) is 30.8 Å². The average Bonchev–Trinajstić information content (AvgIpc) is 3.16. The third-order valence-corrected chi connectivity index (χ3v) is 4.03. The van der Waals surface area contributed by atoms with Gasteiger partial charge < -0.3 is 4.90 Å². The van der Waals surface area contributed by atoms with E-state index < -0.39 is 0 Å². The molecule has 2 rings (SSSR count). The first kappa shape index (κ1) is 13.6. The van der Waals surface area contributed by atoms with E-state index in [0.717, 1.165) is 23.8 Å². The van der Waals surface area contributed by atoms with Crippen LogP contribution in [-0.2, 0) is 0 Å². The largest absolute Gasteiger partial charge is 0.359 e. The lowest BCUT2D eigenvalue weighted by molar-refractivity contribution is 0.556. The number of halogens is 1. The predicted molar refractivity (Wildman–Crippen MR) is 76.5 cm³/mol. The molecular formula is C14H22ClN3. The molecule has 0 aromatic carbocycles. The molecule has 4 heteroatoms. The van der Waals surface area contributed by atoms with Crippen molar-refractivity contribution in [3.63, 3.8) is 0 Å². The second-order valence-electron chi connectivity index (χ2n) is 5.49. The van der Waals surface area contributed by atoms with Crippen molar-refractivity contribution in [2.45, 2.75) is 46.0 Å². The lowest BCUT2D eigenvalue weighted by Gasteiger charge is -2.24. The normalized spacial score (nSPS) is 16.7. The predicted octanol–water partition coefficient (Wildman–Crippen LogP) is 3.80. The minimum Gasteiger partial charge on any atom is -0.359 e. The van der Waals surface area contributed by atoms with Gasteiger partial charge in [-0.1, -0.05) is 31.9 Å². The number of hydrogen-bond acceptors (Lipinski definition) is 3. The minimum atomic E-state index is 0.541. The molecule has 0 amide bonds. The molecule has 0 spiro atoms. The maximum absolute atomic E-state index is 6.23. The van der Waals surface area contributed by atoms with Gasteiger partial charge >= 0.3 is 0 Å². The van der Waals surface area contributed by atoms with E-state index in [0.29, 0.717) is 17.0 Å². The molecule has 1 atom stereocenters. The summed E-state index contributed by atoms with van der Waals surface area (Å²) in [5, 5.41) is 0.609. The van der Waals surface area contributed by atoms with Crippen LogP contribution in [0.3, 0.4) is 0 Å². The van der Waals surface area contributed by atoms with Crippen molar-refractivity contribution in [2.24, 2.45) is 5.92 Å². The molecular weight excluding hydrogens is 246 g/mol. The Balaban J connectivity index is 2.24. The number of anilines is 1. The van der Waals surface area contributed by atoms with Gasteiger partial charge in [0.1, 0.15) is 16.8 Å². The van der Waals surface area contributed by atoms with Crippen LogP contribution in [0.15, 0.2) is 0 Å². The van der Waals surface area contributed by atoms with Gasteiger partial charge in [0.15, 0.2) is 0 Å². The van der Waals surface area contributed by atoms with Gasteiger partial charge in [-0.2, -0.15) is 0 Å². The number of hydrogen-bond donors (Lipinski definition) is 0. The van der Waals surface area contributed by atoms with Gasteiger partial charge in [0, 0.05) is 25.1 Å². The second kappa shape index (κ2) is 5.43. The summed E-state index contributed by atoms with van der Waals surface area (Å²) >= 11 is 6.23. The van der Waals surface area contributed by atoms with E-state index in [4.69, 9.17) is 16.6 Å². The molecule has 0 bridgehead atoms. The lowest BCUT2D eigenvalue weighted by Crippen LogP contribution is -2.26. The fraction of sp³-hybridized carbons (Fsp3) is 0.714. The molecule has 0 N–H and O–H groups in total. The molecule has 0 aliphatic heterocycles. The first-order valence-electron chi connectivity index (χ1n) is 6.78. The fourth-order valence-electron chi connectivity index (χ4n) is 2.07. The molecule has 1 aromatic heterocycles. The van der Waals surface area contributed by atoms with Crippen molar-refractivity contribution < 1.29 is 0 Å². The molecule has 1 aliphatic carbocycles. The molecule has 3 nitrogen and oxygen atoms in total. The van der Waals surface area contributed by atoms with E-state index in [9.17, 15) is 0 Å². The van der Waals surface area contributed by atoms with Crippen LogP contribution in [0.5, 0.6) is 0 Å². The van der Waals surface area contributed by atoms with Crippen LogP contribution in [0.2, 0.25) is 5.15 Å². The van der Waals surface area contributed by atoms with E-state index in [1.807, 2.05) is 6.92 Å². The molecule has 100 valence electrons. The molecule has 1 fully saturated rings. The molecule has 1 aromatic rings. The molecule has 0 radical (unpaired) electrons. The highest BCUT2D eigenvalue weighted by Crippen LogP contribution is 2.39. The van der Waals surface area contributed by atoms with Gasteiger partial charge in [-0.05, 0) is 25.7 Å². The molecule has 1 heterocycles. The third-order valence-electron chi connectivity index (χ3n) is 3.66. The summed E-state index contributed by atoms with van der Waals surface area (Å²) in [6.45, 7) is 7.49. The van der Waals surface area contributed by atoms with Gasteiger partial charge in [-0.25, -0.2) is 9.97 Å². The molecule has 18 heavy (non-hydrogen) atoms. The Kier molecular flexibility index (Phi) is 4.10. The van der Waals surface area contributed by atoms with Crippen LogP contribution in [0, 0.1) is 12.8 Å². The summed E-state index contributed by atoms with van der Waals surface area (Å²) in [6, 6.07) is 0. The zero-order valence-electron chi connectivity index (χ0n) is 11.7. The molecule has 1 aliphatic rings. The minimum absolute atomic E-state index is 0.541. The highest BCUT2D eigenvalue weighted by Gasteiger charge is 2.28. The van der Waals surface area contributed by atoms with Crippen molar-refractivity contribution in [1.82, 2.24) is 9.97 Å². The van der Waals surface area contributed by atoms with Crippen LogP contribution in [-0.4, -0.2) is 23.6 Å². The van der Waals surface area contributed by atoms with Crippen molar-refractivity contribution >= 4 is 17.4 Å². The summed E-state index contributed by atoms with van der Waals surface area (Å²) in [7, 11) is 2.09. The van der Waals surface area contributed by atoms with Crippen molar-refractivity contribution in [3.05, 3.63) is 16.5 Å². The highest BCUT2D eigenvalue weighted by molar-refractivity contribution is 6.30. The maximum Gasteiger partial charge on any atom is 0.137 e. The Bertz CT molecular complexity index is 429. The quantitative estimate of drug-likeness (QED) is 0.760. The number of nitrogens with zero attached hydrogens (tertiary/aromatic N) is 3. The molecule has 1 saturated carbocycles. The first-order valence-corrected chi connectivity index (χ1v) is 7.15. The van der Waals surface area contributed by atoms with Crippen molar-refractivity contribution in [1.29, 1.82) is 0 Å². The zero-order chi connectivity index (χ0) is 13.3. The van der Waals surface area contributed by atoms with Gasteiger partial charge in [0.05, 0.1) is 0 Å². The van der Waals surface area contributed by atoms with E-state index in [1.165, 1.54) is 19.3 Å². The summed E-state index contributed by atoms with van der Waals surface area (Å²) < 4.78 is 0. The monoisotopic (exact) mass is 267 g/mol. The van der Waals surface area contributed by atoms with Crippen LogP contribution in [0.25, 0.3) is 0 Å². The van der Waals surface area contributed by atoms with Crippen molar-refractivity contribution in [2.75, 3.05) is 18.5 Å². The Morgan fingerprint density at radius 2 is 2.06 bits per heavy atom. The Labute approximate surface area is 115 Å². The average molecular weight is 268 g/mol. The Hall–Kier alpha value is -0.830. The third kappa shape index (κ3) is 2.94. The van der Waals surface area contributed by atoms with Crippen LogP contribution < -0.4 is 4.90 Å². The fourth-order valence-corrected chi connectivity index (χ4v) is 2.24. The lowest BCUT2D eigenvalue weighted by atomic mass is 10.1. The first-order chi connectivity index (χ1) is 8.52. The molecule has 1 unspecified atom stereocenters. The summed E-state index contributed by atoms with van der Waals surface area (Å²) in [5.74, 6) is 3.13. The summed E-state index contributed by atoms with van der Waals surface area (Å²) in [6.07, 6.45) is 3.58. The second-order valence-corrected chi connectivity index (χ2v) is 5.85. The summed E-state index contributed by atoms with van der Waals surface area (Å²) in [5.41, 5.74) is 0.992. The van der Waals surface area contributed by atoms with Gasteiger partial charge in [-0.3, -0.25) is 0 Å². The van der Waals surface area contributed by atoms with Crippen LogP contribution in [0.4, 0.5) is 5.82 Å². The van der Waals surface area contributed by atoms with Crippen LogP contribution in [0.1, 0.15) is 50.4 Å². The number of aromatic nitrogens is 2. The van der Waals surface area contributed by atoms with Gasteiger partial charge in [-0.15, -0.1) is 0 Å². The maximum atomic E-state index is 6.23. The van der Waals surface area contributed by atoms with E-state index in [-0.39, 0.29) is 0 Å². The summed E-state index contributed by atoms with van der Waals surface area (Å²) in [4.78, 5) is 11.3. The highest BCUT2D eigenvalue weighted by atomic mass is 35.5. The van der Waals surface area contributed by atoms with E-state index in [1.54, 1.807) is 0 Å². The SMILES string of the molecule is CCC(C)CN(C)c1nc(C2CC2)nc(Cl)c1C. The standard InChI is InChI=1S/C14H22ClN3/c1-5-9(2)8-18(4)14-10(3)12(15)16-13(17-14)11-6-7-11/h9,11H,5-8H2,1-4H3. The van der Waals surface area contributed by atoms with Crippen LogP contribution >= 0.6 is 11.6 Å². The smallest absolute Gasteiger partial charge is 0.137 e. The zero-order valence-corrected chi connectivity index (χ0v) is 12.5. The number of rotatable bonds is 5. The van der Waals surface area contributed by atoms with Gasteiger partial charge in [0.2, 0.25) is 0 Å². The Morgan fingerprint density at radius 1 is 1.39 bits per heavy atom. The topological polar surface area (TPSA) is 29.0 Å². The van der Waals surface area contributed by atoms with Gasteiger partial charge in [0.25, 0.3) is 0 Å². The Morgan fingerprint density at radius 3 is 2.61 bits per heavy atom. The van der Waals surface area contributed by atoms with E-state index >= 15 is 0 Å².